The summed E-state index contributed by atoms with van der Waals surface area (Å²) in [6.07, 6.45) is 1.02. The van der Waals surface area contributed by atoms with E-state index in [9.17, 15) is 4.79 Å². The van der Waals surface area contributed by atoms with Crippen molar-refractivity contribution < 1.29 is 4.79 Å². The molecule has 1 aromatic rings. The van der Waals surface area contributed by atoms with Crippen LogP contribution in [0.1, 0.15) is 31.4 Å². The van der Waals surface area contributed by atoms with Gasteiger partial charge in [-0.2, -0.15) is 0 Å². The van der Waals surface area contributed by atoms with Crippen LogP contribution in [-0.4, -0.2) is 25.0 Å². The minimum atomic E-state index is -0.476. The van der Waals surface area contributed by atoms with Crippen molar-refractivity contribution in [2.45, 2.75) is 38.6 Å². The van der Waals surface area contributed by atoms with E-state index < -0.39 is 5.41 Å². The molecule has 0 saturated carbocycles. The van der Waals surface area contributed by atoms with Crippen molar-refractivity contribution >= 4 is 18.3 Å². The van der Waals surface area contributed by atoms with Crippen LogP contribution < -0.4 is 10.6 Å². The van der Waals surface area contributed by atoms with Crippen LogP contribution in [0.2, 0.25) is 0 Å². The van der Waals surface area contributed by atoms with Crippen molar-refractivity contribution in [2.24, 2.45) is 0 Å². The molecule has 1 aliphatic rings. The van der Waals surface area contributed by atoms with Gasteiger partial charge in [0.2, 0.25) is 5.91 Å². The zero-order valence-corrected chi connectivity index (χ0v) is 12.6. The Hall–Kier alpha value is -1.06. The molecule has 0 radical (unpaired) electrons. The largest absolute Gasteiger partial charge is 0.351 e. The van der Waals surface area contributed by atoms with Gasteiger partial charge in [0.15, 0.2) is 0 Å². The molecule has 3 nitrogen and oxygen atoms in total. The highest BCUT2D eigenvalue weighted by molar-refractivity contribution is 5.87. The number of rotatable bonds is 3. The number of carbonyl (C=O) groups is 1. The lowest BCUT2D eigenvalue weighted by atomic mass is 9.83. The first-order chi connectivity index (χ1) is 8.50. The van der Waals surface area contributed by atoms with Crippen molar-refractivity contribution in [3.63, 3.8) is 0 Å². The van der Waals surface area contributed by atoms with Gasteiger partial charge >= 0.3 is 0 Å². The number of hydrogen-bond donors (Lipinski definition) is 2. The fourth-order valence-electron chi connectivity index (χ4n) is 2.24. The summed E-state index contributed by atoms with van der Waals surface area (Å²) in [6, 6.07) is 8.48. The van der Waals surface area contributed by atoms with Crippen LogP contribution in [0, 0.1) is 6.92 Å². The van der Waals surface area contributed by atoms with Crippen LogP contribution in [0.3, 0.4) is 0 Å². The normalized spacial score (nSPS) is 18.8. The Balaban J connectivity index is 0.00000180. The highest BCUT2D eigenvalue weighted by Crippen LogP contribution is 2.24. The van der Waals surface area contributed by atoms with Crippen LogP contribution in [0.15, 0.2) is 24.3 Å². The number of aryl methyl sites for hydroxylation is 1. The van der Waals surface area contributed by atoms with Gasteiger partial charge in [0.1, 0.15) is 0 Å². The minimum absolute atomic E-state index is 0. The Morgan fingerprint density at radius 2 is 1.95 bits per heavy atom. The first kappa shape index (κ1) is 16.0. The molecular formula is C15H23ClN2O. The molecule has 0 aromatic heterocycles. The Bertz CT molecular complexity index is 422. The van der Waals surface area contributed by atoms with Crippen LogP contribution in [0.5, 0.6) is 0 Å². The number of benzene rings is 1. The summed E-state index contributed by atoms with van der Waals surface area (Å²) >= 11 is 0. The summed E-state index contributed by atoms with van der Waals surface area (Å²) in [7, 11) is 0. The van der Waals surface area contributed by atoms with Crippen molar-refractivity contribution in [1.29, 1.82) is 0 Å². The van der Waals surface area contributed by atoms with Crippen LogP contribution in [0.25, 0.3) is 0 Å². The van der Waals surface area contributed by atoms with E-state index in [0.29, 0.717) is 0 Å². The molecule has 2 rings (SSSR count). The summed E-state index contributed by atoms with van der Waals surface area (Å²) in [5.74, 6) is 0.111. The molecule has 4 heteroatoms. The molecule has 1 fully saturated rings. The second-order valence-corrected chi connectivity index (χ2v) is 5.65. The number of carbonyl (C=O) groups excluding carboxylic acids is 1. The standard InChI is InChI=1S/C15H22N2O.ClH/c1-11-4-6-12(7-5-11)15(2,3)14(18)17-13-8-9-16-10-13;/h4-7,13,16H,8-10H2,1-3H3,(H,17,18);1H. The van der Waals surface area contributed by atoms with Gasteiger partial charge < -0.3 is 10.6 Å². The van der Waals surface area contributed by atoms with E-state index in [1.807, 2.05) is 26.0 Å². The fraction of sp³-hybridized carbons (Fsp3) is 0.533. The maximum absolute atomic E-state index is 12.4. The Morgan fingerprint density at radius 1 is 1.32 bits per heavy atom. The third kappa shape index (κ3) is 3.71. The average molecular weight is 283 g/mol. The molecule has 1 saturated heterocycles. The maximum atomic E-state index is 12.4. The molecule has 1 heterocycles. The molecule has 19 heavy (non-hydrogen) atoms. The second-order valence-electron chi connectivity index (χ2n) is 5.65. The third-order valence-corrected chi connectivity index (χ3v) is 3.74. The minimum Gasteiger partial charge on any atom is -0.351 e. The summed E-state index contributed by atoms with van der Waals surface area (Å²) in [5, 5.41) is 6.39. The fourth-order valence-corrected chi connectivity index (χ4v) is 2.24. The maximum Gasteiger partial charge on any atom is 0.230 e. The quantitative estimate of drug-likeness (QED) is 0.892. The first-order valence-electron chi connectivity index (χ1n) is 6.59. The number of hydrogen-bond acceptors (Lipinski definition) is 2. The van der Waals surface area contributed by atoms with E-state index in [1.54, 1.807) is 0 Å². The van der Waals surface area contributed by atoms with E-state index in [4.69, 9.17) is 0 Å². The van der Waals surface area contributed by atoms with Crippen molar-refractivity contribution in [3.05, 3.63) is 35.4 Å². The van der Waals surface area contributed by atoms with Crippen molar-refractivity contribution in [3.8, 4) is 0 Å². The summed E-state index contributed by atoms with van der Waals surface area (Å²) in [5.41, 5.74) is 1.81. The predicted molar refractivity (Wildman–Crippen MR) is 80.9 cm³/mol. The van der Waals surface area contributed by atoms with Gasteiger partial charge in [-0.3, -0.25) is 4.79 Å². The number of amides is 1. The van der Waals surface area contributed by atoms with Gasteiger partial charge in [0.05, 0.1) is 5.41 Å². The van der Waals surface area contributed by atoms with E-state index in [0.717, 1.165) is 25.1 Å². The van der Waals surface area contributed by atoms with Crippen LogP contribution >= 0.6 is 12.4 Å². The van der Waals surface area contributed by atoms with Crippen LogP contribution in [-0.2, 0) is 10.2 Å². The molecule has 1 aromatic carbocycles. The lowest BCUT2D eigenvalue weighted by Gasteiger charge is -2.26. The van der Waals surface area contributed by atoms with Gasteiger partial charge in [-0.25, -0.2) is 0 Å². The SMILES string of the molecule is Cc1ccc(C(C)(C)C(=O)NC2CCNC2)cc1.Cl. The average Bonchev–Trinajstić information content (AvgIpc) is 2.82. The molecule has 1 aliphatic heterocycles. The molecule has 1 atom stereocenters. The Labute approximate surface area is 121 Å². The van der Waals surface area contributed by atoms with Crippen molar-refractivity contribution in [2.75, 3.05) is 13.1 Å². The second kappa shape index (κ2) is 6.40. The van der Waals surface area contributed by atoms with Gasteiger partial charge in [-0.15, -0.1) is 12.4 Å². The predicted octanol–water partition coefficient (Wildman–Crippen LogP) is 2.17. The number of nitrogens with one attached hydrogen (secondary N) is 2. The van der Waals surface area contributed by atoms with Gasteiger partial charge in [0.25, 0.3) is 0 Å². The molecule has 0 bridgehead atoms. The zero-order chi connectivity index (χ0) is 13.2. The monoisotopic (exact) mass is 282 g/mol. The summed E-state index contributed by atoms with van der Waals surface area (Å²) in [6.45, 7) is 7.90. The topological polar surface area (TPSA) is 41.1 Å². The van der Waals surface area contributed by atoms with E-state index in [1.165, 1.54) is 5.56 Å². The Morgan fingerprint density at radius 3 is 2.47 bits per heavy atom. The van der Waals surface area contributed by atoms with E-state index >= 15 is 0 Å². The summed E-state index contributed by atoms with van der Waals surface area (Å²) < 4.78 is 0. The molecule has 1 amide bonds. The number of halogens is 1. The highest BCUT2D eigenvalue weighted by atomic mass is 35.5. The first-order valence-corrected chi connectivity index (χ1v) is 6.59. The third-order valence-electron chi connectivity index (χ3n) is 3.74. The Kier molecular flexibility index (Phi) is 5.39. The summed E-state index contributed by atoms with van der Waals surface area (Å²) in [4.78, 5) is 12.4. The lowest BCUT2D eigenvalue weighted by molar-refractivity contribution is -0.126. The molecule has 1 unspecified atom stereocenters. The molecule has 2 N–H and O–H groups in total. The van der Waals surface area contributed by atoms with E-state index in [2.05, 4.69) is 29.7 Å². The van der Waals surface area contributed by atoms with Crippen molar-refractivity contribution in [1.82, 2.24) is 10.6 Å². The van der Waals surface area contributed by atoms with E-state index in [-0.39, 0.29) is 24.4 Å². The van der Waals surface area contributed by atoms with Gasteiger partial charge in [0, 0.05) is 12.6 Å². The lowest BCUT2D eigenvalue weighted by Crippen LogP contribution is -2.45. The highest BCUT2D eigenvalue weighted by Gasteiger charge is 2.31. The molecule has 106 valence electrons. The molecule has 0 spiro atoms. The van der Waals surface area contributed by atoms with Gasteiger partial charge in [-0.1, -0.05) is 29.8 Å². The van der Waals surface area contributed by atoms with Crippen LogP contribution in [0.4, 0.5) is 0 Å². The van der Waals surface area contributed by atoms with Gasteiger partial charge in [-0.05, 0) is 39.3 Å². The smallest absolute Gasteiger partial charge is 0.230 e. The zero-order valence-electron chi connectivity index (χ0n) is 11.8. The molecule has 0 aliphatic carbocycles. The molecular weight excluding hydrogens is 260 g/mol.